The van der Waals surface area contributed by atoms with Crippen LogP contribution in [0.2, 0.25) is 0 Å². The fraction of sp³-hybridized carbons (Fsp3) is 0.462. The average Bonchev–Trinajstić information content (AvgIpc) is 2.94. The van der Waals surface area contributed by atoms with Gasteiger partial charge in [0, 0.05) is 23.3 Å². The molecule has 1 fully saturated rings. The molecule has 1 aromatic carbocycles. The van der Waals surface area contributed by atoms with E-state index in [2.05, 4.69) is 15.9 Å². The van der Waals surface area contributed by atoms with Crippen LogP contribution < -0.4 is 0 Å². The minimum Gasteiger partial charge on any atom is -0.478 e. The van der Waals surface area contributed by atoms with Crippen molar-refractivity contribution < 1.29 is 18.3 Å². The van der Waals surface area contributed by atoms with Gasteiger partial charge >= 0.3 is 5.97 Å². The van der Waals surface area contributed by atoms with Crippen LogP contribution in [0.15, 0.2) is 21.5 Å². The van der Waals surface area contributed by atoms with E-state index in [0.29, 0.717) is 10.0 Å². The van der Waals surface area contributed by atoms with E-state index in [1.54, 1.807) is 25.7 Å². The van der Waals surface area contributed by atoms with Crippen LogP contribution in [0.4, 0.5) is 0 Å². The van der Waals surface area contributed by atoms with Crippen molar-refractivity contribution in [2.24, 2.45) is 0 Å². The number of aromatic carboxylic acids is 1. The Labute approximate surface area is 136 Å². The molecular weight excluding hydrogens is 378 g/mol. The first-order valence-corrected chi connectivity index (χ1v) is 9.73. The number of hydrogen-bond acceptors (Lipinski definition) is 4. The normalized spacial score (nSPS) is 19.1. The van der Waals surface area contributed by atoms with Gasteiger partial charge in [-0.15, -0.1) is 0 Å². The third kappa shape index (κ3) is 3.28. The predicted octanol–water partition coefficient (Wildman–Crippen LogP) is 2.58. The Bertz CT molecular complexity index is 669. The Morgan fingerprint density at radius 3 is 2.67 bits per heavy atom. The number of hydrogen-bond donors (Lipinski definition) is 1. The van der Waals surface area contributed by atoms with E-state index in [1.807, 2.05) is 0 Å². The van der Waals surface area contributed by atoms with Gasteiger partial charge in [-0.1, -0.05) is 15.9 Å². The SMILES string of the molecule is Cc1c(Br)cc(C(=O)O)cc1S(=O)(=O)N(C)C1CCSC1. The molecule has 21 heavy (non-hydrogen) atoms. The summed E-state index contributed by atoms with van der Waals surface area (Å²) in [5.41, 5.74) is 0.484. The van der Waals surface area contributed by atoms with Crippen LogP contribution in [0.3, 0.4) is 0 Å². The van der Waals surface area contributed by atoms with Crippen LogP contribution in [0.1, 0.15) is 22.3 Å². The van der Waals surface area contributed by atoms with Gasteiger partial charge in [0.25, 0.3) is 0 Å². The molecule has 0 saturated carbocycles. The molecule has 0 amide bonds. The second-order valence-electron chi connectivity index (χ2n) is 4.93. The maximum Gasteiger partial charge on any atom is 0.335 e. The zero-order valence-electron chi connectivity index (χ0n) is 11.7. The number of sulfonamides is 1. The minimum atomic E-state index is -3.70. The summed E-state index contributed by atoms with van der Waals surface area (Å²) in [5.74, 6) is 0.572. The maximum atomic E-state index is 12.8. The van der Waals surface area contributed by atoms with Crippen molar-refractivity contribution in [3.05, 3.63) is 27.7 Å². The van der Waals surface area contributed by atoms with Gasteiger partial charge in [0.15, 0.2) is 0 Å². The molecule has 0 radical (unpaired) electrons. The number of benzene rings is 1. The van der Waals surface area contributed by atoms with Crippen LogP contribution in [0, 0.1) is 6.92 Å². The van der Waals surface area contributed by atoms with Crippen LogP contribution in [0.5, 0.6) is 0 Å². The zero-order valence-corrected chi connectivity index (χ0v) is 14.9. The standard InChI is InChI=1S/C13H16BrNO4S2/c1-8-11(14)5-9(13(16)17)6-12(8)21(18,19)15(2)10-3-4-20-7-10/h5-6,10H,3-4,7H2,1-2H3,(H,16,17). The molecule has 0 aromatic heterocycles. The molecule has 2 rings (SSSR count). The number of thioether (sulfide) groups is 1. The number of halogens is 1. The number of carboxylic acids is 1. The molecule has 1 N–H and O–H groups in total. The van der Waals surface area contributed by atoms with E-state index in [0.717, 1.165) is 17.9 Å². The number of nitrogens with zero attached hydrogens (tertiary/aromatic N) is 1. The van der Waals surface area contributed by atoms with E-state index in [9.17, 15) is 13.2 Å². The van der Waals surface area contributed by atoms with Crippen molar-refractivity contribution in [2.75, 3.05) is 18.6 Å². The summed E-state index contributed by atoms with van der Waals surface area (Å²) < 4.78 is 27.4. The molecule has 0 spiro atoms. The molecule has 1 aliphatic heterocycles. The van der Waals surface area contributed by atoms with Gasteiger partial charge in [-0.2, -0.15) is 16.1 Å². The lowest BCUT2D eigenvalue weighted by Crippen LogP contribution is -2.37. The molecule has 5 nitrogen and oxygen atoms in total. The first kappa shape index (κ1) is 16.8. The van der Waals surface area contributed by atoms with Gasteiger partial charge in [0.1, 0.15) is 0 Å². The van der Waals surface area contributed by atoms with E-state index in [1.165, 1.54) is 16.4 Å². The Balaban J connectivity index is 2.50. The third-order valence-electron chi connectivity index (χ3n) is 3.62. The summed E-state index contributed by atoms with van der Waals surface area (Å²) in [7, 11) is -2.14. The second kappa shape index (κ2) is 6.28. The molecular formula is C13H16BrNO4S2. The van der Waals surface area contributed by atoms with Crippen LogP contribution in [-0.2, 0) is 10.0 Å². The Kier molecular flexibility index (Phi) is 5.02. The molecule has 116 valence electrons. The van der Waals surface area contributed by atoms with Gasteiger partial charge < -0.3 is 5.11 Å². The lowest BCUT2D eigenvalue weighted by molar-refractivity contribution is 0.0696. The smallest absolute Gasteiger partial charge is 0.335 e. The van der Waals surface area contributed by atoms with Crippen molar-refractivity contribution >= 4 is 43.7 Å². The molecule has 1 aromatic rings. The number of rotatable bonds is 4. The Hall–Kier alpha value is -0.570. The summed E-state index contributed by atoms with van der Waals surface area (Å²) in [4.78, 5) is 11.2. The monoisotopic (exact) mass is 393 g/mol. The van der Waals surface area contributed by atoms with Crippen molar-refractivity contribution in [1.29, 1.82) is 0 Å². The summed E-state index contributed by atoms with van der Waals surface area (Å²) in [6.07, 6.45) is 0.819. The van der Waals surface area contributed by atoms with E-state index >= 15 is 0 Å². The van der Waals surface area contributed by atoms with Crippen molar-refractivity contribution in [1.82, 2.24) is 4.31 Å². The fourth-order valence-electron chi connectivity index (χ4n) is 2.21. The highest BCUT2D eigenvalue weighted by Crippen LogP contribution is 2.31. The Morgan fingerprint density at radius 1 is 1.48 bits per heavy atom. The van der Waals surface area contributed by atoms with Gasteiger partial charge in [-0.3, -0.25) is 0 Å². The summed E-state index contributed by atoms with van der Waals surface area (Å²) in [6.45, 7) is 1.67. The van der Waals surface area contributed by atoms with Crippen molar-refractivity contribution in [2.45, 2.75) is 24.3 Å². The maximum absolute atomic E-state index is 12.8. The predicted molar refractivity (Wildman–Crippen MR) is 86.5 cm³/mol. The van der Waals surface area contributed by atoms with E-state index in [4.69, 9.17) is 5.11 Å². The highest BCUT2D eigenvalue weighted by Gasteiger charge is 2.32. The summed E-state index contributed by atoms with van der Waals surface area (Å²) in [6, 6.07) is 2.62. The second-order valence-corrected chi connectivity index (χ2v) is 8.90. The number of carboxylic acid groups (broad SMARTS) is 1. The lowest BCUT2D eigenvalue weighted by Gasteiger charge is -2.24. The first-order chi connectivity index (χ1) is 9.75. The van der Waals surface area contributed by atoms with Crippen LogP contribution in [0.25, 0.3) is 0 Å². The Morgan fingerprint density at radius 2 is 2.14 bits per heavy atom. The van der Waals surface area contributed by atoms with Crippen LogP contribution in [-0.4, -0.2) is 48.4 Å². The minimum absolute atomic E-state index is 0.0355. The number of carbonyl (C=O) groups is 1. The summed E-state index contributed by atoms with van der Waals surface area (Å²) >= 11 is 4.97. The molecule has 1 aliphatic rings. The lowest BCUT2D eigenvalue weighted by atomic mass is 10.1. The quantitative estimate of drug-likeness (QED) is 0.850. The van der Waals surface area contributed by atoms with Gasteiger partial charge in [0.2, 0.25) is 10.0 Å². The highest BCUT2D eigenvalue weighted by molar-refractivity contribution is 9.10. The van der Waals surface area contributed by atoms with Crippen LogP contribution >= 0.6 is 27.7 Å². The third-order valence-corrected chi connectivity index (χ3v) is 7.63. The van der Waals surface area contributed by atoms with Gasteiger partial charge in [0.05, 0.1) is 10.5 Å². The van der Waals surface area contributed by atoms with Crippen molar-refractivity contribution in [3.8, 4) is 0 Å². The highest BCUT2D eigenvalue weighted by atomic mass is 79.9. The van der Waals surface area contributed by atoms with E-state index < -0.39 is 16.0 Å². The first-order valence-electron chi connectivity index (χ1n) is 6.34. The molecule has 8 heteroatoms. The largest absolute Gasteiger partial charge is 0.478 e. The molecule has 1 saturated heterocycles. The molecule has 0 bridgehead atoms. The van der Waals surface area contributed by atoms with Gasteiger partial charge in [-0.05, 0) is 36.8 Å². The van der Waals surface area contributed by atoms with E-state index in [-0.39, 0.29) is 16.5 Å². The molecule has 1 heterocycles. The van der Waals surface area contributed by atoms with Gasteiger partial charge in [-0.25, -0.2) is 13.2 Å². The molecule has 1 unspecified atom stereocenters. The summed E-state index contributed by atoms with van der Waals surface area (Å²) in [5, 5.41) is 9.11. The topological polar surface area (TPSA) is 74.7 Å². The average molecular weight is 394 g/mol. The molecule has 0 aliphatic carbocycles. The molecule has 1 atom stereocenters. The van der Waals surface area contributed by atoms with Crippen molar-refractivity contribution in [3.63, 3.8) is 0 Å². The fourth-order valence-corrected chi connectivity index (χ4v) is 5.81. The zero-order chi connectivity index (χ0) is 15.8.